The third-order valence-electron chi connectivity index (χ3n) is 2.87. The van der Waals surface area contributed by atoms with E-state index in [1.807, 2.05) is 30.3 Å². The molecule has 0 bridgehead atoms. The molecule has 0 aliphatic rings. The number of nitrogens with zero attached hydrogens (tertiary/aromatic N) is 1. The van der Waals surface area contributed by atoms with Crippen LogP contribution < -0.4 is 15.2 Å². The Morgan fingerprint density at radius 1 is 1.11 bits per heavy atom. The van der Waals surface area contributed by atoms with Gasteiger partial charge < -0.3 is 15.2 Å². The summed E-state index contributed by atoms with van der Waals surface area (Å²) in [6.07, 6.45) is 0. The number of benzene rings is 2. The van der Waals surface area contributed by atoms with E-state index in [2.05, 4.69) is 6.07 Å². The molecule has 0 aliphatic heterocycles. The Hall–Kier alpha value is -2.67. The molecule has 0 atom stereocenters. The number of anilines is 1. The molecule has 0 radical (unpaired) electrons. The summed E-state index contributed by atoms with van der Waals surface area (Å²) in [4.78, 5) is 0. The van der Waals surface area contributed by atoms with Crippen LogP contribution in [-0.4, -0.2) is 14.2 Å². The van der Waals surface area contributed by atoms with E-state index in [4.69, 9.17) is 15.2 Å². The number of nitrogens with two attached hydrogens (primary N) is 1. The second-order valence-corrected chi connectivity index (χ2v) is 3.93. The average Bonchev–Trinajstić information content (AvgIpc) is 2.46. The van der Waals surface area contributed by atoms with Crippen LogP contribution in [0.15, 0.2) is 36.4 Å². The molecule has 96 valence electrons. The Labute approximate surface area is 112 Å². The van der Waals surface area contributed by atoms with Crippen LogP contribution in [0, 0.1) is 11.3 Å². The SMILES string of the molecule is COc1cc(N)c(C#N)c(-c2ccccc2)c1OC. The summed E-state index contributed by atoms with van der Waals surface area (Å²) in [6, 6.07) is 13.2. The van der Waals surface area contributed by atoms with Gasteiger partial charge in [0.15, 0.2) is 11.5 Å². The van der Waals surface area contributed by atoms with Crippen molar-refractivity contribution in [2.75, 3.05) is 20.0 Å². The van der Waals surface area contributed by atoms with Gasteiger partial charge in [-0.15, -0.1) is 0 Å². The zero-order chi connectivity index (χ0) is 13.8. The molecule has 0 saturated heterocycles. The van der Waals surface area contributed by atoms with Gasteiger partial charge in [-0.05, 0) is 5.56 Å². The second kappa shape index (κ2) is 5.32. The Balaban J connectivity index is 2.83. The molecule has 2 aromatic rings. The molecule has 2 rings (SSSR count). The van der Waals surface area contributed by atoms with E-state index in [9.17, 15) is 5.26 Å². The lowest BCUT2D eigenvalue weighted by atomic mass is 9.97. The summed E-state index contributed by atoms with van der Waals surface area (Å²) in [6.45, 7) is 0. The van der Waals surface area contributed by atoms with Crippen molar-refractivity contribution in [3.05, 3.63) is 42.0 Å². The number of nitrogen functional groups attached to an aromatic ring is 1. The van der Waals surface area contributed by atoms with Gasteiger partial charge >= 0.3 is 0 Å². The lowest BCUT2D eigenvalue weighted by molar-refractivity contribution is 0.356. The average molecular weight is 254 g/mol. The van der Waals surface area contributed by atoms with Gasteiger partial charge in [-0.3, -0.25) is 0 Å². The van der Waals surface area contributed by atoms with Gasteiger partial charge in [0.1, 0.15) is 6.07 Å². The van der Waals surface area contributed by atoms with Crippen molar-refractivity contribution in [2.45, 2.75) is 0 Å². The van der Waals surface area contributed by atoms with E-state index < -0.39 is 0 Å². The number of hydrogen-bond acceptors (Lipinski definition) is 4. The third kappa shape index (κ3) is 2.18. The highest BCUT2D eigenvalue weighted by molar-refractivity contribution is 5.85. The minimum absolute atomic E-state index is 0.374. The maximum Gasteiger partial charge on any atom is 0.170 e. The van der Waals surface area contributed by atoms with Crippen LogP contribution in [0.5, 0.6) is 11.5 Å². The molecule has 4 nitrogen and oxygen atoms in total. The van der Waals surface area contributed by atoms with Crippen LogP contribution in [0.3, 0.4) is 0 Å². The smallest absolute Gasteiger partial charge is 0.170 e. The summed E-state index contributed by atoms with van der Waals surface area (Å²) >= 11 is 0. The molecule has 0 aliphatic carbocycles. The highest BCUT2D eigenvalue weighted by Gasteiger charge is 2.19. The number of methoxy groups -OCH3 is 2. The molecule has 2 N–H and O–H groups in total. The van der Waals surface area contributed by atoms with Crippen molar-refractivity contribution in [3.63, 3.8) is 0 Å². The van der Waals surface area contributed by atoms with E-state index in [0.29, 0.717) is 28.3 Å². The lowest BCUT2D eigenvalue weighted by Gasteiger charge is -2.16. The Kier molecular flexibility index (Phi) is 3.58. The van der Waals surface area contributed by atoms with Crippen LogP contribution in [0.4, 0.5) is 5.69 Å². The van der Waals surface area contributed by atoms with Crippen LogP contribution >= 0.6 is 0 Å². The zero-order valence-electron chi connectivity index (χ0n) is 10.8. The Bertz CT molecular complexity index is 631. The van der Waals surface area contributed by atoms with Crippen molar-refractivity contribution < 1.29 is 9.47 Å². The van der Waals surface area contributed by atoms with Crippen molar-refractivity contribution in [2.24, 2.45) is 0 Å². The van der Waals surface area contributed by atoms with Crippen LogP contribution in [0.1, 0.15) is 5.56 Å². The van der Waals surface area contributed by atoms with Crippen molar-refractivity contribution in [3.8, 4) is 28.7 Å². The molecule has 0 spiro atoms. The predicted molar refractivity (Wildman–Crippen MR) is 74.1 cm³/mol. The molecule has 0 amide bonds. The van der Waals surface area contributed by atoms with Gasteiger partial charge in [-0.2, -0.15) is 5.26 Å². The fourth-order valence-corrected chi connectivity index (χ4v) is 2.01. The van der Waals surface area contributed by atoms with Gasteiger partial charge in [0.2, 0.25) is 0 Å². The van der Waals surface area contributed by atoms with Gasteiger partial charge in [0, 0.05) is 11.6 Å². The minimum atomic E-state index is 0.374. The van der Waals surface area contributed by atoms with Gasteiger partial charge in [0.25, 0.3) is 0 Å². The first kappa shape index (κ1) is 12.8. The summed E-state index contributed by atoms with van der Waals surface area (Å²) < 4.78 is 10.7. The molecule has 0 unspecified atom stereocenters. The number of ether oxygens (including phenoxy) is 2. The van der Waals surface area contributed by atoms with Gasteiger partial charge in [-0.25, -0.2) is 0 Å². The number of nitriles is 1. The monoisotopic (exact) mass is 254 g/mol. The van der Waals surface area contributed by atoms with Crippen LogP contribution in [0.2, 0.25) is 0 Å². The van der Waals surface area contributed by atoms with E-state index in [1.54, 1.807) is 13.2 Å². The molecule has 0 saturated carbocycles. The molecule has 2 aromatic carbocycles. The molecule has 0 aromatic heterocycles. The number of hydrogen-bond donors (Lipinski definition) is 1. The molecule has 4 heteroatoms. The highest BCUT2D eigenvalue weighted by Crippen LogP contribution is 2.43. The van der Waals surface area contributed by atoms with E-state index in [1.165, 1.54) is 7.11 Å². The van der Waals surface area contributed by atoms with Crippen LogP contribution in [0.25, 0.3) is 11.1 Å². The topological polar surface area (TPSA) is 68.3 Å². The fraction of sp³-hybridized carbons (Fsp3) is 0.133. The van der Waals surface area contributed by atoms with E-state index >= 15 is 0 Å². The molecular weight excluding hydrogens is 240 g/mol. The standard InChI is InChI=1S/C15H14N2O2/c1-18-13-8-12(17)11(9-16)14(15(13)19-2)10-6-4-3-5-7-10/h3-8H,17H2,1-2H3. The van der Waals surface area contributed by atoms with Crippen molar-refractivity contribution in [1.29, 1.82) is 5.26 Å². The molecular formula is C15H14N2O2. The third-order valence-corrected chi connectivity index (χ3v) is 2.87. The maximum absolute atomic E-state index is 9.32. The first-order valence-corrected chi connectivity index (χ1v) is 5.73. The quantitative estimate of drug-likeness (QED) is 0.855. The first-order valence-electron chi connectivity index (χ1n) is 5.73. The molecule has 0 heterocycles. The van der Waals surface area contributed by atoms with Gasteiger partial charge in [-0.1, -0.05) is 30.3 Å². The summed E-state index contributed by atoms with van der Waals surface area (Å²) in [5.74, 6) is 1.03. The van der Waals surface area contributed by atoms with E-state index in [0.717, 1.165) is 5.56 Å². The van der Waals surface area contributed by atoms with Crippen LogP contribution in [-0.2, 0) is 0 Å². The fourth-order valence-electron chi connectivity index (χ4n) is 2.01. The predicted octanol–water partition coefficient (Wildman–Crippen LogP) is 2.82. The normalized spacial score (nSPS) is 9.74. The summed E-state index contributed by atoms with van der Waals surface area (Å²) in [7, 11) is 3.08. The van der Waals surface area contributed by atoms with Crippen molar-refractivity contribution in [1.82, 2.24) is 0 Å². The Morgan fingerprint density at radius 3 is 2.32 bits per heavy atom. The molecule has 0 fully saturated rings. The summed E-state index contributed by atoms with van der Waals surface area (Å²) in [5.41, 5.74) is 8.20. The number of rotatable bonds is 3. The summed E-state index contributed by atoms with van der Waals surface area (Å²) in [5, 5.41) is 9.32. The minimum Gasteiger partial charge on any atom is -0.493 e. The van der Waals surface area contributed by atoms with E-state index in [-0.39, 0.29) is 0 Å². The van der Waals surface area contributed by atoms with Gasteiger partial charge in [0.05, 0.1) is 25.5 Å². The Morgan fingerprint density at radius 2 is 1.79 bits per heavy atom. The second-order valence-electron chi connectivity index (χ2n) is 3.93. The highest BCUT2D eigenvalue weighted by atomic mass is 16.5. The molecule has 19 heavy (non-hydrogen) atoms. The largest absolute Gasteiger partial charge is 0.493 e. The first-order chi connectivity index (χ1) is 9.22. The van der Waals surface area contributed by atoms with Crippen molar-refractivity contribution >= 4 is 5.69 Å². The maximum atomic E-state index is 9.32. The zero-order valence-corrected chi connectivity index (χ0v) is 10.8. The lowest BCUT2D eigenvalue weighted by Crippen LogP contribution is -2.00.